The van der Waals surface area contributed by atoms with Crippen molar-refractivity contribution in [1.82, 2.24) is 0 Å². The topological polar surface area (TPSA) is 16.4 Å². The minimum absolute atomic E-state index is 0.870. The van der Waals surface area contributed by atoms with E-state index in [1.807, 2.05) is 0 Å². The highest BCUT2D eigenvalue weighted by molar-refractivity contribution is 6.22. The normalized spacial score (nSPS) is 11.5. The molecule has 0 amide bonds. The minimum atomic E-state index is 0.870. The molecule has 0 bridgehead atoms. The van der Waals surface area contributed by atoms with Crippen LogP contribution < -0.4 is 4.90 Å². The molecule has 0 atom stereocenters. The van der Waals surface area contributed by atoms with Gasteiger partial charge in [-0.2, -0.15) is 0 Å². The molecule has 0 spiro atoms. The minimum Gasteiger partial charge on any atom is -0.456 e. The van der Waals surface area contributed by atoms with Crippen LogP contribution >= 0.6 is 0 Å². The predicted octanol–water partition coefficient (Wildman–Crippen LogP) is 12.7. The fraction of sp³-hybridized carbons (Fsp3) is 0. The van der Waals surface area contributed by atoms with Crippen LogP contribution in [0.1, 0.15) is 0 Å². The molecule has 0 N–H and O–H groups in total. The Morgan fingerprint density at radius 2 is 0.935 bits per heavy atom. The van der Waals surface area contributed by atoms with Gasteiger partial charge in [-0.1, -0.05) is 127 Å². The Bertz CT molecular complexity index is 2510. The molecule has 0 aliphatic heterocycles. The summed E-state index contributed by atoms with van der Waals surface area (Å²) in [7, 11) is 0. The highest BCUT2D eigenvalue weighted by atomic mass is 16.3. The molecular weight excluding hydrogens is 558 g/mol. The molecule has 0 saturated carbocycles. The molecule has 0 fully saturated rings. The van der Waals surface area contributed by atoms with Gasteiger partial charge in [-0.15, -0.1) is 0 Å². The first kappa shape index (κ1) is 26.3. The van der Waals surface area contributed by atoms with Crippen LogP contribution in [0.5, 0.6) is 0 Å². The summed E-state index contributed by atoms with van der Waals surface area (Å²) in [6, 6.07) is 62.6. The largest absolute Gasteiger partial charge is 0.456 e. The molecular formula is C44H29NO. The number of rotatable bonds is 5. The number of hydrogen-bond donors (Lipinski definition) is 0. The van der Waals surface area contributed by atoms with Crippen molar-refractivity contribution in [3.63, 3.8) is 0 Å². The van der Waals surface area contributed by atoms with E-state index in [0.29, 0.717) is 0 Å². The van der Waals surface area contributed by atoms with Gasteiger partial charge in [0.2, 0.25) is 0 Å². The van der Waals surface area contributed by atoms with Gasteiger partial charge in [0, 0.05) is 33.9 Å². The summed E-state index contributed by atoms with van der Waals surface area (Å²) in [6.07, 6.45) is 0. The Balaban J connectivity index is 1.23. The maximum atomic E-state index is 6.71. The Kier molecular flexibility index (Phi) is 6.17. The Morgan fingerprint density at radius 1 is 0.348 bits per heavy atom. The van der Waals surface area contributed by atoms with Gasteiger partial charge in [0.25, 0.3) is 0 Å². The van der Waals surface area contributed by atoms with Crippen LogP contribution in [0.25, 0.3) is 65.7 Å². The third kappa shape index (κ3) is 4.43. The fourth-order valence-electron chi connectivity index (χ4n) is 6.82. The molecule has 0 aliphatic rings. The first-order chi connectivity index (χ1) is 22.8. The molecule has 8 aromatic carbocycles. The Morgan fingerprint density at radius 3 is 1.72 bits per heavy atom. The summed E-state index contributed by atoms with van der Waals surface area (Å²) in [6.45, 7) is 0. The van der Waals surface area contributed by atoms with Crippen LogP contribution in [-0.2, 0) is 0 Å². The quantitative estimate of drug-likeness (QED) is 0.199. The lowest BCUT2D eigenvalue weighted by molar-refractivity contribution is 0.669. The summed E-state index contributed by atoms with van der Waals surface area (Å²) >= 11 is 0. The van der Waals surface area contributed by atoms with Crippen molar-refractivity contribution in [2.45, 2.75) is 0 Å². The van der Waals surface area contributed by atoms with E-state index in [2.05, 4.69) is 181 Å². The van der Waals surface area contributed by atoms with Crippen molar-refractivity contribution >= 4 is 60.5 Å². The van der Waals surface area contributed by atoms with E-state index >= 15 is 0 Å². The summed E-state index contributed by atoms with van der Waals surface area (Å²) in [5.74, 6) is 0. The van der Waals surface area contributed by atoms with Gasteiger partial charge in [0.15, 0.2) is 0 Å². The lowest BCUT2D eigenvalue weighted by Gasteiger charge is -2.26. The maximum Gasteiger partial charge on any atom is 0.137 e. The first-order valence-electron chi connectivity index (χ1n) is 15.7. The third-order valence-electron chi connectivity index (χ3n) is 9.03. The van der Waals surface area contributed by atoms with Crippen molar-refractivity contribution in [1.29, 1.82) is 0 Å². The standard InChI is InChI=1S/C44H29NO/c1-3-11-30(12-4-1)32-19-22-35(23-20-32)45(36-24-21-31-13-7-8-16-34(31)27-36)37-25-26-40-42(28-37)46-43-29-41(33-14-5-2-6-15-33)38-17-9-10-18-39(38)44(40)43/h1-29H. The molecule has 2 heteroatoms. The fourth-order valence-corrected chi connectivity index (χ4v) is 6.82. The van der Waals surface area contributed by atoms with Gasteiger partial charge in [0.1, 0.15) is 11.2 Å². The van der Waals surface area contributed by atoms with Crippen LogP contribution in [0.4, 0.5) is 17.1 Å². The highest BCUT2D eigenvalue weighted by Crippen LogP contribution is 2.43. The van der Waals surface area contributed by atoms with Crippen LogP contribution in [0, 0.1) is 0 Å². The molecule has 0 aliphatic carbocycles. The zero-order chi connectivity index (χ0) is 30.5. The number of benzene rings is 8. The Hall–Kier alpha value is -6.12. The van der Waals surface area contributed by atoms with Crippen LogP contribution in [-0.4, -0.2) is 0 Å². The number of hydrogen-bond acceptors (Lipinski definition) is 2. The van der Waals surface area contributed by atoms with Gasteiger partial charge < -0.3 is 9.32 Å². The van der Waals surface area contributed by atoms with E-state index in [4.69, 9.17) is 4.42 Å². The first-order valence-corrected chi connectivity index (χ1v) is 15.7. The molecule has 46 heavy (non-hydrogen) atoms. The van der Waals surface area contributed by atoms with E-state index in [1.165, 1.54) is 43.8 Å². The second kappa shape index (κ2) is 10.8. The molecule has 9 rings (SSSR count). The molecule has 2 nitrogen and oxygen atoms in total. The SMILES string of the molecule is c1ccc(-c2ccc(N(c3ccc4ccccc4c3)c3ccc4c(c3)oc3cc(-c5ccccc5)c5ccccc5c34)cc2)cc1. The molecule has 0 unspecified atom stereocenters. The second-order valence-corrected chi connectivity index (χ2v) is 11.8. The zero-order valence-electron chi connectivity index (χ0n) is 25.1. The van der Waals surface area contributed by atoms with Crippen LogP contribution in [0.15, 0.2) is 180 Å². The molecule has 1 heterocycles. The van der Waals surface area contributed by atoms with Gasteiger partial charge in [-0.05, 0) is 86.3 Å². The highest BCUT2D eigenvalue weighted by Gasteiger charge is 2.18. The van der Waals surface area contributed by atoms with Crippen LogP contribution in [0.2, 0.25) is 0 Å². The number of anilines is 3. The van der Waals surface area contributed by atoms with Crippen molar-refractivity contribution in [3.8, 4) is 22.3 Å². The molecule has 1 aromatic heterocycles. The monoisotopic (exact) mass is 587 g/mol. The van der Waals surface area contributed by atoms with Crippen molar-refractivity contribution in [3.05, 3.63) is 176 Å². The number of furan rings is 1. The lowest BCUT2D eigenvalue weighted by Crippen LogP contribution is -2.09. The Labute approximate surface area is 267 Å². The van der Waals surface area contributed by atoms with E-state index in [0.717, 1.165) is 39.0 Å². The number of nitrogens with zero attached hydrogens (tertiary/aromatic N) is 1. The average Bonchev–Trinajstić information content (AvgIpc) is 3.50. The molecule has 0 saturated heterocycles. The van der Waals surface area contributed by atoms with Gasteiger partial charge in [-0.25, -0.2) is 0 Å². The predicted molar refractivity (Wildman–Crippen MR) is 194 cm³/mol. The van der Waals surface area contributed by atoms with E-state index in [-0.39, 0.29) is 0 Å². The summed E-state index contributed by atoms with van der Waals surface area (Å²) in [5.41, 5.74) is 9.75. The second-order valence-electron chi connectivity index (χ2n) is 11.8. The zero-order valence-corrected chi connectivity index (χ0v) is 25.1. The van der Waals surface area contributed by atoms with E-state index in [1.54, 1.807) is 0 Å². The molecule has 9 aromatic rings. The van der Waals surface area contributed by atoms with Crippen molar-refractivity contribution in [2.75, 3.05) is 4.90 Å². The van der Waals surface area contributed by atoms with E-state index < -0.39 is 0 Å². The van der Waals surface area contributed by atoms with Gasteiger partial charge in [0.05, 0.1) is 0 Å². The van der Waals surface area contributed by atoms with E-state index in [9.17, 15) is 0 Å². The van der Waals surface area contributed by atoms with Crippen molar-refractivity contribution < 1.29 is 4.42 Å². The molecule has 216 valence electrons. The van der Waals surface area contributed by atoms with Gasteiger partial charge in [-0.3, -0.25) is 0 Å². The smallest absolute Gasteiger partial charge is 0.137 e. The average molecular weight is 588 g/mol. The molecule has 0 radical (unpaired) electrons. The number of fused-ring (bicyclic) bond motifs is 6. The van der Waals surface area contributed by atoms with Crippen molar-refractivity contribution in [2.24, 2.45) is 0 Å². The van der Waals surface area contributed by atoms with Gasteiger partial charge >= 0.3 is 0 Å². The third-order valence-corrected chi connectivity index (χ3v) is 9.03. The lowest BCUT2D eigenvalue weighted by atomic mass is 9.95. The summed E-state index contributed by atoms with van der Waals surface area (Å²) in [5, 5.41) is 7.13. The summed E-state index contributed by atoms with van der Waals surface area (Å²) in [4.78, 5) is 2.32. The van der Waals surface area contributed by atoms with Crippen LogP contribution in [0.3, 0.4) is 0 Å². The maximum absolute atomic E-state index is 6.71. The summed E-state index contributed by atoms with van der Waals surface area (Å²) < 4.78 is 6.71.